The van der Waals surface area contributed by atoms with Gasteiger partial charge in [-0.3, -0.25) is 0 Å². The Morgan fingerprint density at radius 1 is 1.82 bits per heavy atom. The maximum Gasteiger partial charge on any atom is 0.202 e. The fraction of sp³-hybridized carbons (Fsp3) is 0.667. The van der Waals surface area contributed by atoms with Gasteiger partial charge < -0.3 is 11.1 Å². The molecule has 0 radical (unpaired) electrons. The van der Waals surface area contributed by atoms with Gasteiger partial charge >= 0.3 is 0 Å². The summed E-state index contributed by atoms with van der Waals surface area (Å²) in [4.78, 5) is 3.97. The largest absolute Gasteiger partial charge is 0.360 e. The second-order valence-electron chi connectivity index (χ2n) is 2.44. The average Bonchev–Trinajstić information content (AvgIpc) is 2.39. The van der Waals surface area contributed by atoms with Crippen molar-refractivity contribution in [2.24, 2.45) is 5.73 Å². The van der Waals surface area contributed by atoms with Crippen molar-refractivity contribution in [2.75, 3.05) is 11.9 Å². The number of nitrogens with zero attached hydrogens (tertiary/aromatic N) is 2. The van der Waals surface area contributed by atoms with Gasteiger partial charge in [-0.1, -0.05) is 0 Å². The van der Waals surface area contributed by atoms with Crippen LogP contribution in [0.4, 0.5) is 5.13 Å². The van der Waals surface area contributed by atoms with E-state index >= 15 is 0 Å². The maximum atomic E-state index is 5.56. The summed E-state index contributed by atoms with van der Waals surface area (Å²) in [5.74, 6) is 0. The zero-order valence-electron chi connectivity index (χ0n) is 6.45. The van der Waals surface area contributed by atoms with Crippen molar-refractivity contribution in [3.63, 3.8) is 0 Å². The molecule has 1 heterocycles. The topological polar surface area (TPSA) is 63.8 Å². The molecule has 0 saturated carbocycles. The molecule has 5 heteroatoms. The summed E-state index contributed by atoms with van der Waals surface area (Å²) in [7, 11) is 0. The van der Waals surface area contributed by atoms with Crippen LogP contribution in [0.3, 0.4) is 0 Å². The molecular formula is C6H12N4S. The first-order valence-corrected chi connectivity index (χ1v) is 4.32. The van der Waals surface area contributed by atoms with Gasteiger partial charge in [-0.15, -0.1) is 0 Å². The molecule has 4 nitrogen and oxygen atoms in total. The highest BCUT2D eigenvalue weighted by atomic mass is 32.1. The van der Waals surface area contributed by atoms with Crippen molar-refractivity contribution < 1.29 is 0 Å². The lowest BCUT2D eigenvalue weighted by molar-refractivity contribution is 0.690. The van der Waals surface area contributed by atoms with Crippen molar-refractivity contribution in [3.8, 4) is 0 Å². The first-order valence-electron chi connectivity index (χ1n) is 3.55. The number of hydrogen-bond donors (Lipinski definition) is 2. The molecule has 1 unspecified atom stereocenters. The summed E-state index contributed by atoms with van der Waals surface area (Å²) in [6, 6.07) is 0.246. The molecule has 0 fully saturated rings. The first kappa shape index (κ1) is 8.42. The third-order valence-electron chi connectivity index (χ3n) is 1.24. The number of nitrogens with two attached hydrogens (primary N) is 1. The lowest BCUT2D eigenvalue weighted by atomic mass is 10.2. The van der Waals surface area contributed by atoms with Crippen LogP contribution >= 0.6 is 11.5 Å². The highest BCUT2D eigenvalue weighted by Crippen LogP contribution is 2.05. The predicted molar refractivity (Wildman–Crippen MR) is 46.7 cm³/mol. The van der Waals surface area contributed by atoms with Crippen molar-refractivity contribution in [1.82, 2.24) is 9.36 Å². The monoisotopic (exact) mass is 172 g/mol. The third kappa shape index (κ3) is 3.29. The Labute approximate surface area is 70.0 Å². The van der Waals surface area contributed by atoms with Gasteiger partial charge in [0.25, 0.3) is 0 Å². The van der Waals surface area contributed by atoms with Gasteiger partial charge in [0, 0.05) is 24.1 Å². The molecule has 0 aliphatic rings. The molecule has 11 heavy (non-hydrogen) atoms. The molecule has 3 N–H and O–H groups in total. The second-order valence-corrected chi connectivity index (χ2v) is 3.22. The van der Waals surface area contributed by atoms with Crippen LogP contribution in [0.1, 0.15) is 13.3 Å². The third-order valence-corrected chi connectivity index (χ3v) is 1.86. The van der Waals surface area contributed by atoms with Gasteiger partial charge in [-0.2, -0.15) is 4.37 Å². The highest BCUT2D eigenvalue weighted by Gasteiger charge is 1.95. The lowest BCUT2D eigenvalue weighted by Crippen LogP contribution is -2.18. The van der Waals surface area contributed by atoms with Gasteiger partial charge in [-0.25, -0.2) is 4.98 Å². The van der Waals surface area contributed by atoms with E-state index in [0.29, 0.717) is 0 Å². The van der Waals surface area contributed by atoms with Crippen LogP contribution in [0.15, 0.2) is 6.33 Å². The summed E-state index contributed by atoms with van der Waals surface area (Å²) in [5, 5.41) is 3.99. The summed E-state index contributed by atoms with van der Waals surface area (Å²) in [5.41, 5.74) is 5.56. The van der Waals surface area contributed by atoms with Gasteiger partial charge in [0.2, 0.25) is 5.13 Å². The minimum absolute atomic E-state index is 0.246. The Bertz CT molecular complexity index is 184. The molecule has 0 aliphatic carbocycles. The van der Waals surface area contributed by atoms with Crippen LogP contribution in [0.2, 0.25) is 0 Å². The van der Waals surface area contributed by atoms with Crippen LogP contribution in [0.25, 0.3) is 0 Å². The first-order chi connectivity index (χ1) is 5.29. The summed E-state index contributed by atoms with van der Waals surface area (Å²) >= 11 is 1.36. The number of anilines is 1. The molecule has 1 rings (SSSR count). The number of nitrogens with one attached hydrogen (secondary N) is 1. The summed E-state index contributed by atoms with van der Waals surface area (Å²) in [6.07, 6.45) is 2.50. The Morgan fingerprint density at radius 2 is 2.64 bits per heavy atom. The standard InChI is InChI=1S/C6H12N4S/c1-5(7)2-3-8-6-9-4-10-11-6/h4-5H,2-3,7H2,1H3,(H,8,9,10). The summed E-state index contributed by atoms with van der Waals surface area (Å²) in [6.45, 7) is 2.86. The second kappa shape index (κ2) is 4.25. The Hall–Kier alpha value is -0.680. The number of rotatable bonds is 4. The van der Waals surface area contributed by atoms with Crippen molar-refractivity contribution >= 4 is 16.7 Å². The van der Waals surface area contributed by atoms with Crippen LogP contribution in [-0.4, -0.2) is 21.9 Å². The fourth-order valence-electron chi connectivity index (χ4n) is 0.658. The van der Waals surface area contributed by atoms with E-state index in [9.17, 15) is 0 Å². The van der Waals surface area contributed by atoms with E-state index in [0.717, 1.165) is 18.1 Å². The van der Waals surface area contributed by atoms with E-state index in [1.807, 2.05) is 6.92 Å². The van der Waals surface area contributed by atoms with Crippen LogP contribution in [0, 0.1) is 0 Å². The minimum Gasteiger partial charge on any atom is -0.360 e. The van der Waals surface area contributed by atoms with Gasteiger partial charge in [0.05, 0.1) is 0 Å². The van der Waals surface area contributed by atoms with Gasteiger partial charge in [0.1, 0.15) is 6.33 Å². The Morgan fingerprint density at radius 3 is 3.18 bits per heavy atom. The summed E-state index contributed by atoms with van der Waals surface area (Å²) < 4.78 is 3.86. The normalized spacial score (nSPS) is 12.9. The van der Waals surface area contributed by atoms with E-state index < -0.39 is 0 Å². The van der Waals surface area contributed by atoms with Crippen molar-refractivity contribution in [1.29, 1.82) is 0 Å². The van der Waals surface area contributed by atoms with E-state index in [1.165, 1.54) is 11.5 Å². The van der Waals surface area contributed by atoms with Crippen LogP contribution < -0.4 is 11.1 Å². The Balaban J connectivity index is 2.14. The van der Waals surface area contributed by atoms with Gasteiger partial charge in [-0.05, 0) is 13.3 Å². The number of hydrogen-bond acceptors (Lipinski definition) is 5. The molecule has 1 atom stereocenters. The fourth-order valence-corrected chi connectivity index (χ4v) is 1.11. The molecule has 62 valence electrons. The zero-order chi connectivity index (χ0) is 8.10. The SMILES string of the molecule is CC(N)CCNc1ncns1. The lowest BCUT2D eigenvalue weighted by Gasteiger charge is -2.03. The zero-order valence-corrected chi connectivity index (χ0v) is 7.27. The number of aromatic nitrogens is 2. The highest BCUT2D eigenvalue weighted by molar-refractivity contribution is 7.09. The molecule has 0 aliphatic heterocycles. The van der Waals surface area contributed by atoms with E-state index in [1.54, 1.807) is 6.33 Å². The van der Waals surface area contributed by atoms with Gasteiger partial charge in [0.15, 0.2) is 0 Å². The van der Waals surface area contributed by atoms with Crippen LogP contribution in [0.5, 0.6) is 0 Å². The Kier molecular flexibility index (Phi) is 3.25. The molecular weight excluding hydrogens is 160 g/mol. The quantitative estimate of drug-likeness (QED) is 0.701. The minimum atomic E-state index is 0.246. The molecule has 0 bridgehead atoms. The average molecular weight is 172 g/mol. The van der Waals surface area contributed by atoms with E-state index in [2.05, 4.69) is 14.7 Å². The predicted octanol–water partition coefficient (Wildman–Crippen LogP) is 0.687. The molecule has 0 amide bonds. The smallest absolute Gasteiger partial charge is 0.202 e. The van der Waals surface area contributed by atoms with E-state index in [4.69, 9.17) is 5.73 Å². The maximum absolute atomic E-state index is 5.56. The molecule has 0 spiro atoms. The van der Waals surface area contributed by atoms with Crippen molar-refractivity contribution in [2.45, 2.75) is 19.4 Å². The van der Waals surface area contributed by atoms with E-state index in [-0.39, 0.29) is 6.04 Å². The van der Waals surface area contributed by atoms with Crippen molar-refractivity contribution in [3.05, 3.63) is 6.33 Å². The molecule has 1 aromatic rings. The molecule has 1 aromatic heterocycles. The van der Waals surface area contributed by atoms with Crippen LogP contribution in [-0.2, 0) is 0 Å². The molecule has 0 saturated heterocycles. The molecule has 0 aromatic carbocycles.